The number of thiophene rings is 3. The first-order valence-corrected chi connectivity index (χ1v) is 49.6. The van der Waals surface area contributed by atoms with Crippen molar-refractivity contribution in [1.82, 2.24) is 48.6 Å². The van der Waals surface area contributed by atoms with Crippen LogP contribution in [0.2, 0.25) is 0 Å². The van der Waals surface area contributed by atoms with Gasteiger partial charge in [-0.25, -0.2) is 24.9 Å². The summed E-state index contributed by atoms with van der Waals surface area (Å²) in [6, 6.07) is 159. The third kappa shape index (κ3) is 12.3. The largest absolute Gasteiger partial charge is 0.277 e. The number of fused-ring (bicyclic) bond motifs is 38. The van der Waals surface area contributed by atoms with Gasteiger partial charge >= 0.3 is 0 Å². The Kier molecular flexibility index (Phi) is 18.1. The van der Waals surface area contributed by atoms with Crippen LogP contribution in [-0.4, -0.2) is 48.6 Å². The minimum atomic E-state index is 0.607. The molecule has 0 N–H and O–H groups in total. The van der Waals surface area contributed by atoms with Crippen molar-refractivity contribution < 1.29 is 0 Å². The topological polar surface area (TPSA) is 105 Å². The Labute approximate surface area is 811 Å². The van der Waals surface area contributed by atoms with Crippen molar-refractivity contribution in [3.05, 3.63) is 449 Å². The van der Waals surface area contributed by atoms with Crippen molar-refractivity contribution in [3.8, 4) is 74.4 Å². The fourth-order valence-corrected chi connectivity index (χ4v) is 26.0. The maximum Gasteiger partial charge on any atom is 0.238 e. The van der Waals surface area contributed by atoms with Crippen LogP contribution in [0.3, 0.4) is 0 Å². The first-order valence-electron chi connectivity index (χ1n) is 47.2. The molecule has 31 rings (SSSR count). The highest BCUT2D eigenvalue weighted by Gasteiger charge is 2.31. The van der Waals surface area contributed by atoms with Crippen LogP contribution in [0.5, 0.6) is 0 Å². The van der Waals surface area contributed by atoms with Crippen LogP contribution in [0.15, 0.2) is 449 Å². The monoisotopic (exact) mass is 1830 g/mol. The smallest absolute Gasteiger partial charge is 0.238 e. The molecule has 0 saturated heterocycles. The Hall–Kier alpha value is -17.9. The summed E-state index contributed by atoms with van der Waals surface area (Å²) in [7, 11) is 0. The summed E-state index contributed by atoms with van der Waals surface area (Å²) in [6.45, 7) is 0. The van der Waals surface area contributed by atoms with E-state index in [2.05, 4.69) is 414 Å². The molecule has 22 aromatic carbocycles. The molecule has 9 aromatic heterocycles. The number of benzene rings is 22. The van der Waals surface area contributed by atoms with Crippen LogP contribution in [0.1, 0.15) is 0 Å². The lowest BCUT2D eigenvalue weighted by molar-refractivity contribution is 0.955. The lowest BCUT2D eigenvalue weighted by Crippen LogP contribution is -2.06. The molecule has 0 atom stereocenters. The molecule has 0 fully saturated rings. The van der Waals surface area contributed by atoms with E-state index in [0.29, 0.717) is 29.5 Å². The summed E-state index contributed by atoms with van der Waals surface area (Å²) in [5.41, 5.74) is 15.5. The molecule has 0 aliphatic rings. The lowest BCUT2D eigenvalue weighted by Gasteiger charge is -2.14. The SMILES string of the molecule is c1ccc(-c2cc(-c3ccccc3)nc(-n3c4ccccc4c4c5ccc6ccccc6c5c5sc6ccccc6c5c43)n2)cc1.c1ccc(-c2nc(-c3ccccc3)nc(-n3c4ccccc4c4c5ccc6ccccc6c5c5sc6ccccc6c5c43)n2)cc1.c1ccc2c(-c3nc(-n4c5ccccc5c5c6ccc7ccccc7c6c6sc7ccccc7c6c54)nc4ccccc34)cccc2c1. The minimum Gasteiger partial charge on any atom is -0.277 e. The van der Waals surface area contributed by atoms with E-state index >= 15 is 0 Å². The third-order valence-electron chi connectivity index (χ3n) is 28.2. The summed E-state index contributed by atoms with van der Waals surface area (Å²) in [5, 5.41) is 33.5. The Bertz CT molecular complexity index is 10100. The number of nitrogens with zero attached hydrogens (tertiary/aromatic N) is 10. The molecule has 0 aliphatic carbocycles. The molecule has 0 spiro atoms. The third-order valence-corrected chi connectivity index (χ3v) is 31.7. The van der Waals surface area contributed by atoms with Crippen molar-refractivity contribution in [2.24, 2.45) is 0 Å². The molecule has 13 heteroatoms. The van der Waals surface area contributed by atoms with E-state index in [1.807, 2.05) is 82.5 Å². The quantitative estimate of drug-likeness (QED) is 0.140. The summed E-state index contributed by atoms with van der Waals surface area (Å²) >= 11 is 5.63. The number of para-hydroxylation sites is 4. The fourth-order valence-electron chi connectivity index (χ4n) is 22.2. The van der Waals surface area contributed by atoms with Crippen LogP contribution in [-0.2, 0) is 0 Å². The van der Waals surface area contributed by atoms with Gasteiger partial charge in [0.2, 0.25) is 17.8 Å². The van der Waals surface area contributed by atoms with Gasteiger partial charge in [0.1, 0.15) is 0 Å². The fraction of sp³-hybridized carbons (Fsp3) is 0. The molecule has 0 unspecified atom stereocenters. The zero-order chi connectivity index (χ0) is 91.7. The summed E-state index contributed by atoms with van der Waals surface area (Å²) in [4.78, 5) is 36.9. The molecule has 0 radical (unpaired) electrons. The van der Waals surface area contributed by atoms with Gasteiger partial charge in [-0.15, -0.1) is 34.0 Å². The molecule has 0 saturated carbocycles. The Balaban J connectivity index is 0.000000101. The van der Waals surface area contributed by atoms with Gasteiger partial charge < -0.3 is 0 Å². The van der Waals surface area contributed by atoms with E-state index in [1.54, 1.807) is 0 Å². The average molecular weight is 1840 g/mol. The molecule has 0 bridgehead atoms. The molecular weight excluding hydrogens is 1760 g/mol. The molecule has 10 nitrogen and oxygen atoms in total. The van der Waals surface area contributed by atoms with Gasteiger partial charge in [0.15, 0.2) is 11.6 Å². The average Bonchev–Trinajstić information content (AvgIpc) is 1.53. The predicted octanol–water partition coefficient (Wildman–Crippen LogP) is 34.8. The van der Waals surface area contributed by atoms with Crippen molar-refractivity contribution in [2.75, 3.05) is 0 Å². The first kappa shape index (κ1) is 79.5. The maximum atomic E-state index is 5.52. The van der Waals surface area contributed by atoms with Gasteiger partial charge in [-0.3, -0.25) is 13.7 Å². The van der Waals surface area contributed by atoms with Crippen molar-refractivity contribution in [3.63, 3.8) is 0 Å². The molecule has 31 aromatic rings. The number of hydrogen-bond acceptors (Lipinski definition) is 10. The van der Waals surface area contributed by atoms with Gasteiger partial charge in [0, 0.05) is 142 Å². The molecular formula is C127H74N10S3. The highest BCUT2D eigenvalue weighted by molar-refractivity contribution is 7.28. The first-order chi connectivity index (χ1) is 69.5. The van der Waals surface area contributed by atoms with Crippen LogP contribution in [0.25, 0.3) is 287 Å². The number of hydrogen-bond donors (Lipinski definition) is 0. The van der Waals surface area contributed by atoms with Crippen molar-refractivity contribution in [1.29, 1.82) is 0 Å². The minimum absolute atomic E-state index is 0.607. The predicted molar refractivity (Wildman–Crippen MR) is 593 cm³/mol. The van der Waals surface area contributed by atoms with Crippen LogP contribution < -0.4 is 0 Å². The lowest BCUT2D eigenvalue weighted by atomic mass is 9.95. The van der Waals surface area contributed by atoms with E-state index in [4.69, 9.17) is 34.9 Å². The standard InChI is InChI=1S/C44H25N3S.C42H25N3S.C41H24N4S/c1-3-15-28-26(12-1)14-11-20-30(28)41-31-17-5-8-21-35(31)45-44(46-41)47-36-22-9-6-18-32(36)38-34-25-24-27-13-2-4-16-29(27)39(34)43-40(42(38)47)33-19-7-10-23-37(33)48-43;1-3-14-27(15-4-1)33-25-34(28-16-5-2-6-17-28)44-42(43-33)45-35-21-11-9-19-30(35)37-32-24-23-26-13-7-8-18-29(26)38(32)41-39(40(37)45)31-20-10-12-22-36(31)46-41;1-3-14-26(15-4-1)39-42-40(27-16-5-2-6-17-27)44-41(43-39)45-32-21-11-9-19-29(32)34-31-24-23-25-13-7-8-18-28(25)35(31)38-36(37(34)45)30-20-10-12-22-33(30)46-38/h1-25H;1-25H;1-24H. The summed E-state index contributed by atoms with van der Waals surface area (Å²) < 4.78 is 14.6. The second-order valence-electron chi connectivity index (χ2n) is 35.9. The van der Waals surface area contributed by atoms with E-state index in [9.17, 15) is 0 Å². The number of rotatable bonds is 8. The van der Waals surface area contributed by atoms with Gasteiger partial charge in [0.25, 0.3) is 0 Å². The Morgan fingerprint density at radius 2 is 0.479 bits per heavy atom. The molecule has 0 aliphatic heterocycles. The van der Waals surface area contributed by atoms with Gasteiger partial charge in [-0.2, -0.15) is 9.97 Å². The van der Waals surface area contributed by atoms with E-state index in [1.165, 1.54) is 168 Å². The Morgan fingerprint density at radius 1 is 0.179 bits per heavy atom. The van der Waals surface area contributed by atoms with Gasteiger partial charge in [-0.05, 0) is 108 Å². The Morgan fingerprint density at radius 3 is 0.879 bits per heavy atom. The molecule has 650 valence electrons. The van der Waals surface area contributed by atoms with Crippen LogP contribution >= 0.6 is 34.0 Å². The van der Waals surface area contributed by atoms with Crippen LogP contribution in [0, 0.1) is 0 Å². The highest BCUT2D eigenvalue weighted by atomic mass is 32.1. The van der Waals surface area contributed by atoms with E-state index < -0.39 is 0 Å². The normalized spacial score (nSPS) is 12.0. The molecule has 0 amide bonds. The highest BCUT2D eigenvalue weighted by Crippen LogP contribution is 2.55. The van der Waals surface area contributed by atoms with Crippen LogP contribution in [0.4, 0.5) is 0 Å². The van der Waals surface area contributed by atoms with E-state index in [-0.39, 0.29) is 0 Å². The van der Waals surface area contributed by atoms with E-state index in [0.717, 1.165) is 88.9 Å². The maximum absolute atomic E-state index is 5.52. The van der Waals surface area contributed by atoms with Gasteiger partial charge in [-0.1, -0.05) is 400 Å². The van der Waals surface area contributed by atoms with Crippen molar-refractivity contribution >= 4 is 246 Å². The summed E-state index contributed by atoms with van der Waals surface area (Å²) in [6.07, 6.45) is 0. The summed E-state index contributed by atoms with van der Waals surface area (Å²) in [5.74, 6) is 3.25. The second kappa shape index (κ2) is 31.9. The zero-order valence-electron chi connectivity index (χ0n) is 74.9. The van der Waals surface area contributed by atoms with Crippen molar-refractivity contribution in [2.45, 2.75) is 0 Å². The zero-order valence-corrected chi connectivity index (χ0v) is 77.4. The molecule has 140 heavy (non-hydrogen) atoms. The van der Waals surface area contributed by atoms with Gasteiger partial charge in [0.05, 0.1) is 55.7 Å². The molecule has 9 heterocycles. The second-order valence-corrected chi connectivity index (χ2v) is 39.0. The number of aromatic nitrogens is 10.